The number of carbonyl (C=O) groups excluding carboxylic acids is 2. The highest BCUT2D eigenvalue weighted by Gasteiger charge is 2.24. The van der Waals surface area contributed by atoms with E-state index in [1.807, 2.05) is 4.72 Å². The van der Waals surface area contributed by atoms with Gasteiger partial charge in [0.1, 0.15) is 5.76 Å². The minimum atomic E-state index is -4.06. The van der Waals surface area contributed by atoms with Gasteiger partial charge in [-0.15, -0.1) is 0 Å². The first-order chi connectivity index (χ1) is 10.7. The van der Waals surface area contributed by atoms with Gasteiger partial charge in [0, 0.05) is 11.5 Å². The molecule has 2 rings (SSSR count). The summed E-state index contributed by atoms with van der Waals surface area (Å²) in [5, 5.41) is 0. The number of hydrogen-bond acceptors (Lipinski definition) is 6. The lowest BCUT2D eigenvalue weighted by Gasteiger charge is -2.07. The molecule has 1 N–H and O–H groups in total. The van der Waals surface area contributed by atoms with Crippen molar-refractivity contribution >= 4 is 21.7 Å². The van der Waals surface area contributed by atoms with Crippen molar-refractivity contribution in [2.75, 3.05) is 0 Å². The molecule has 23 heavy (non-hydrogen) atoms. The summed E-state index contributed by atoms with van der Waals surface area (Å²) in [5.74, 6) is -0.847. The molecule has 0 fully saturated rings. The Labute approximate surface area is 133 Å². The zero-order valence-electron chi connectivity index (χ0n) is 12.9. The second-order valence-electron chi connectivity index (χ2n) is 5.24. The molecular weight excluding hydrogens is 320 g/mol. The maximum Gasteiger partial charge on any atom is 0.287 e. The third-order valence-electron chi connectivity index (χ3n) is 3.13. The number of benzene rings is 1. The second kappa shape index (κ2) is 6.33. The lowest BCUT2D eigenvalue weighted by Crippen LogP contribution is -2.31. The molecule has 0 aliphatic rings. The fourth-order valence-corrected chi connectivity index (χ4v) is 2.89. The van der Waals surface area contributed by atoms with Crippen LogP contribution in [0.25, 0.3) is 0 Å². The number of Topliss-reactive ketones (excluding diaryl/α,β-unsaturated/α-hetero) is 1. The monoisotopic (exact) mass is 336 g/mol. The number of ketones is 1. The van der Waals surface area contributed by atoms with Crippen LogP contribution in [-0.2, 0) is 10.0 Å². The van der Waals surface area contributed by atoms with Crippen LogP contribution in [0.3, 0.4) is 0 Å². The first-order valence-corrected chi connectivity index (χ1v) is 8.32. The fourth-order valence-electron chi connectivity index (χ4n) is 1.93. The standard InChI is InChI=1S/C15H16N2O5S/c1-9(2)14-13(16-8-22-14)15(19)17-23(20,21)12-6-4-11(5-7-12)10(3)18/h4-9H,1-3H3,(H,17,19). The summed E-state index contributed by atoms with van der Waals surface area (Å²) >= 11 is 0. The molecule has 0 saturated carbocycles. The van der Waals surface area contributed by atoms with E-state index >= 15 is 0 Å². The van der Waals surface area contributed by atoms with Crippen molar-refractivity contribution < 1.29 is 22.4 Å². The molecule has 7 nitrogen and oxygen atoms in total. The van der Waals surface area contributed by atoms with Crippen LogP contribution in [0.1, 0.15) is 53.3 Å². The van der Waals surface area contributed by atoms with Gasteiger partial charge in [-0.05, 0) is 19.1 Å². The lowest BCUT2D eigenvalue weighted by atomic mass is 10.1. The van der Waals surface area contributed by atoms with Crippen molar-refractivity contribution in [3.05, 3.63) is 47.7 Å². The summed E-state index contributed by atoms with van der Waals surface area (Å²) in [5.41, 5.74) is 0.317. The van der Waals surface area contributed by atoms with Gasteiger partial charge in [0.2, 0.25) is 0 Å². The fraction of sp³-hybridized carbons (Fsp3) is 0.267. The Morgan fingerprint density at radius 2 is 1.78 bits per heavy atom. The largest absolute Gasteiger partial charge is 0.447 e. The summed E-state index contributed by atoms with van der Waals surface area (Å²) < 4.78 is 31.5. The van der Waals surface area contributed by atoms with E-state index in [9.17, 15) is 18.0 Å². The van der Waals surface area contributed by atoms with Crippen molar-refractivity contribution in [2.24, 2.45) is 0 Å². The summed E-state index contributed by atoms with van der Waals surface area (Å²) in [6.45, 7) is 4.97. The molecule has 1 heterocycles. The zero-order valence-corrected chi connectivity index (χ0v) is 13.7. The van der Waals surface area contributed by atoms with Gasteiger partial charge in [-0.3, -0.25) is 9.59 Å². The Morgan fingerprint density at radius 1 is 1.17 bits per heavy atom. The van der Waals surface area contributed by atoms with E-state index < -0.39 is 15.9 Å². The maximum absolute atomic E-state index is 12.2. The SMILES string of the molecule is CC(=O)c1ccc(S(=O)(=O)NC(=O)c2ncoc2C(C)C)cc1. The molecule has 2 aromatic rings. The molecule has 1 aromatic heterocycles. The Bertz CT molecular complexity index is 835. The number of amides is 1. The number of hydrogen-bond donors (Lipinski definition) is 1. The molecule has 0 unspecified atom stereocenters. The van der Waals surface area contributed by atoms with Crippen LogP contribution >= 0.6 is 0 Å². The van der Waals surface area contributed by atoms with E-state index in [1.54, 1.807) is 13.8 Å². The predicted molar refractivity (Wildman–Crippen MR) is 81.7 cm³/mol. The summed E-state index contributed by atoms with van der Waals surface area (Å²) in [7, 11) is -4.06. The lowest BCUT2D eigenvalue weighted by molar-refractivity contribution is 0.0972. The molecule has 0 spiro atoms. The Balaban J connectivity index is 2.25. The van der Waals surface area contributed by atoms with Crippen LogP contribution in [0, 0.1) is 0 Å². The van der Waals surface area contributed by atoms with Gasteiger partial charge in [-0.25, -0.2) is 18.1 Å². The van der Waals surface area contributed by atoms with E-state index in [2.05, 4.69) is 4.98 Å². The van der Waals surface area contributed by atoms with Gasteiger partial charge in [0.25, 0.3) is 15.9 Å². The molecule has 0 aliphatic carbocycles. The Hall–Kier alpha value is -2.48. The molecule has 0 atom stereocenters. The average molecular weight is 336 g/mol. The maximum atomic E-state index is 12.2. The molecule has 122 valence electrons. The Morgan fingerprint density at radius 3 is 2.30 bits per heavy atom. The number of carbonyl (C=O) groups is 2. The number of aromatic nitrogens is 1. The van der Waals surface area contributed by atoms with Gasteiger partial charge in [-0.1, -0.05) is 26.0 Å². The van der Waals surface area contributed by atoms with Crippen LogP contribution in [0.15, 0.2) is 40.0 Å². The topological polar surface area (TPSA) is 106 Å². The van der Waals surface area contributed by atoms with E-state index in [-0.39, 0.29) is 22.3 Å². The van der Waals surface area contributed by atoms with Crippen LogP contribution in [0.2, 0.25) is 0 Å². The van der Waals surface area contributed by atoms with Crippen molar-refractivity contribution in [1.82, 2.24) is 9.71 Å². The van der Waals surface area contributed by atoms with Crippen LogP contribution in [-0.4, -0.2) is 25.1 Å². The average Bonchev–Trinajstić information content (AvgIpc) is 2.96. The van der Waals surface area contributed by atoms with Crippen molar-refractivity contribution in [3.8, 4) is 0 Å². The summed E-state index contributed by atoms with van der Waals surface area (Å²) in [4.78, 5) is 27.0. The molecule has 8 heteroatoms. The summed E-state index contributed by atoms with van der Waals surface area (Å²) in [6, 6.07) is 5.30. The number of nitrogens with one attached hydrogen (secondary N) is 1. The van der Waals surface area contributed by atoms with Crippen LogP contribution < -0.4 is 4.72 Å². The van der Waals surface area contributed by atoms with Gasteiger partial charge in [0.15, 0.2) is 17.9 Å². The molecule has 0 radical (unpaired) electrons. The molecule has 0 bridgehead atoms. The third-order valence-corrected chi connectivity index (χ3v) is 4.48. The molecule has 1 aromatic carbocycles. The quantitative estimate of drug-likeness (QED) is 0.838. The van der Waals surface area contributed by atoms with E-state index in [0.29, 0.717) is 11.3 Å². The second-order valence-corrected chi connectivity index (χ2v) is 6.92. The van der Waals surface area contributed by atoms with Gasteiger partial charge in [0.05, 0.1) is 4.90 Å². The normalized spacial score (nSPS) is 11.5. The molecular formula is C15H16N2O5S. The predicted octanol–water partition coefficient (Wildman–Crippen LogP) is 2.12. The van der Waals surface area contributed by atoms with E-state index in [4.69, 9.17) is 4.42 Å². The van der Waals surface area contributed by atoms with Gasteiger partial charge < -0.3 is 4.42 Å². The minimum Gasteiger partial charge on any atom is -0.447 e. The Kier molecular flexibility index (Phi) is 4.65. The molecule has 1 amide bonds. The van der Waals surface area contributed by atoms with Crippen molar-refractivity contribution in [3.63, 3.8) is 0 Å². The zero-order chi connectivity index (χ0) is 17.2. The third kappa shape index (κ3) is 3.65. The molecule has 0 aliphatic heterocycles. The summed E-state index contributed by atoms with van der Waals surface area (Å²) in [6.07, 6.45) is 1.10. The molecule has 0 saturated heterocycles. The highest BCUT2D eigenvalue weighted by molar-refractivity contribution is 7.90. The van der Waals surface area contributed by atoms with E-state index in [1.165, 1.54) is 31.2 Å². The van der Waals surface area contributed by atoms with Crippen molar-refractivity contribution in [1.29, 1.82) is 0 Å². The minimum absolute atomic E-state index is 0.0658. The smallest absolute Gasteiger partial charge is 0.287 e. The van der Waals surface area contributed by atoms with Gasteiger partial charge in [-0.2, -0.15) is 0 Å². The van der Waals surface area contributed by atoms with Gasteiger partial charge >= 0.3 is 0 Å². The van der Waals surface area contributed by atoms with Crippen molar-refractivity contribution in [2.45, 2.75) is 31.6 Å². The van der Waals surface area contributed by atoms with Crippen LogP contribution in [0.5, 0.6) is 0 Å². The number of sulfonamides is 1. The highest BCUT2D eigenvalue weighted by Crippen LogP contribution is 2.19. The first-order valence-electron chi connectivity index (χ1n) is 6.84. The van der Waals surface area contributed by atoms with E-state index in [0.717, 1.165) is 6.39 Å². The number of nitrogens with zero attached hydrogens (tertiary/aromatic N) is 1. The number of rotatable bonds is 5. The number of oxazole rings is 1. The highest BCUT2D eigenvalue weighted by atomic mass is 32.2. The van der Waals surface area contributed by atoms with Crippen LogP contribution in [0.4, 0.5) is 0 Å². The first kappa shape index (κ1) is 16.9.